The van der Waals surface area contributed by atoms with Crippen molar-refractivity contribution in [3.8, 4) is 11.1 Å². The lowest BCUT2D eigenvalue weighted by atomic mass is 9.86. The predicted octanol–water partition coefficient (Wildman–Crippen LogP) is 6.35. The van der Waals surface area contributed by atoms with Crippen molar-refractivity contribution in [3.05, 3.63) is 47.0 Å². The number of carbonyl (C=O) groups excluding carboxylic acids is 1. The normalized spacial score (nSPS) is 20.6. The van der Waals surface area contributed by atoms with Gasteiger partial charge in [-0.3, -0.25) is 4.90 Å². The Morgan fingerprint density at radius 1 is 1.11 bits per heavy atom. The molecule has 2 aromatic carbocycles. The van der Waals surface area contributed by atoms with Gasteiger partial charge in [0, 0.05) is 50.0 Å². The Labute approximate surface area is 219 Å². The molecule has 2 aromatic rings. The Balaban J connectivity index is 1.58. The highest BCUT2D eigenvalue weighted by Crippen LogP contribution is 2.51. The van der Waals surface area contributed by atoms with Gasteiger partial charge < -0.3 is 19.6 Å². The highest BCUT2D eigenvalue weighted by Gasteiger charge is 2.45. The quantitative estimate of drug-likeness (QED) is 0.489. The molecule has 0 spiro atoms. The van der Waals surface area contributed by atoms with Crippen molar-refractivity contribution in [3.63, 3.8) is 0 Å². The molecule has 0 radical (unpaired) electrons. The lowest BCUT2D eigenvalue weighted by molar-refractivity contribution is -0.137. The van der Waals surface area contributed by atoms with Gasteiger partial charge in [0.2, 0.25) is 0 Å². The fourth-order valence-corrected chi connectivity index (χ4v) is 6.04. The van der Waals surface area contributed by atoms with Crippen LogP contribution in [0.5, 0.6) is 0 Å². The van der Waals surface area contributed by atoms with Crippen molar-refractivity contribution in [1.29, 1.82) is 0 Å². The van der Waals surface area contributed by atoms with Crippen molar-refractivity contribution >= 4 is 23.6 Å². The number of hydrogen-bond acceptors (Lipinski definition) is 4. The SMILES string of the molecule is CN(C(=O)OC(C)(C)C)c1ccc(-c2cc3c4c(c2)[C@@H]2CN(C(=O)O)CC[C@@H]2N4CCC3)c(C(F)(F)F)c1. The van der Waals surface area contributed by atoms with Crippen LogP contribution in [0.4, 0.5) is 34.1 Å². The maximum Gasteiger partial charge on any atom is 0.417 e. The van der Waals surface area contributed by atoms with E-state index in [0.717, 1.165) is 47.2 Å². The number of aryl methyl sites for hydroxylation is 1. The molecule has 3 aliphatic heterocycles. The standard InChI is InChI=1S/C28H32F3N3O4/c1-27(2,3)38-26(37)32(4)18-7-8-19(22(14-18)28(29,30)31)17-12-16-6-5-10-34-23-9-11-33(25(35)36)15-21(23)20(13-17)24(16)34/h7-8,12-14,21,23H,5-6,9-11,15H2,1-4H3,(H,35,36)/t21-,23-/m0/s1. The number of halogens is 3. The average molecular weight is 532 g/mol. The van der Waals surface area contributed by atoms with Gasteiger partial charge in [0.05, 0.1) is 5.56 Å². The summed E-state index contributed by atoms with van der Waals surface area (Å²) >= 11 is 0. The first-order valence-corrected chi connectivity index (χ1v) is 12.8. The zero-order chi connectivity index (χ0) is 27.6. The lowest BCUT2D eigenvalue weighted by Gasteiger charge is -2.39. The summed E-state index contributed by atoms with van der Waals surface area (Å²) in [5, 5.41) is 9.58. The van der Waals surface area contributed by atoms with Gasteiger partial charge in [0.15, 0.2) is 0 Å². The molecule has 3 heterocycles. The van der Waals surface area contributed by atoms with Crippen LogP contribution in [0.15, 0.2) is 30.3 Å². The van der Waals surface area contributed by atoms with Crippen LogP contribution in [0, 0.1) is 0 Å². The number of rotatable bonds is 2. The monoisotopic (exact) mass is 531 g/mol. The summed E-state index contributed by atoms with van der Waals surface area (Å²) in [6, 6.07) is 7.70. The highest BCUT2D eigenvalue weighted by atomic mass is 19.4. The summed E-state index contributed by atoms with van der Waals surface area (Å²) in [6.07, 6.45) is -4.02. The van der Waals surface area contributed by atoms with E-state index in [9.17, 15) is 27.9 Å². The van der Waals surface area contributed by atoms with E-state index in [-0.39, 0.29) is 23.2 Å². The smallest absolute Gasteiger partial charge is 0.417 e. The summed E-state index contributed by atoms with van der Waals surface area (Å²) in [6.45, 7) is 6.73. The summed E-state index contributed by atoms with van der Waals surface area (Å²) in [5.41, 5.74) is 1.93. The second kappa shape index (κ2) is 9.10. The molecule has 2 atom stereocenters. The lowest BCUT2D eigenvalue weighted by Crippen LogP contribution is -2.48. The molecule has 1 fully saturated rings. The van der Waals surface area contributed by atoms with Gasteiger partial charge in [-0.25, -0.2) is 9.59 Å². The molecular weight excluding hydrogens is 499 g/mol. The molecule has 0 aromatic heterocycles. The van der Waals surface area contributed by atoms with Crippen molar-refractivity contribution in [2.75, 3.05) is 36.5 Å². The minimum atomic E-state index is -4.66. The first kappa shape index (κ1) is 26.2. The van der Waals surface area contributed by atoms with E-state index in [2.05, 4.69) is 4.90 Å². The second-order valence-corrected chi connectivity index (χ2v) is 11.3. The fraction of sp³-hybridized carbons (Fsp3) is 0.500. The van der Waals surface area contributed by atoms with Crippen molar-refractivity contribution < 1.29 is 32.6 Å². The highest BCUT2D eigenvalue weighted by molar-refractivity contribution is 5.88. The van der Waals surface area contributed by atoms with Gasteiger partial charge in [-0.05, 0) is 86.6 Å². The van der Waals surface area contributed by atoms with Crippen LogP contribution in [-0.2, 0) is 17.3 Å². The number of amides is 2. The number of fused-ring (bicyclic) bond motifs is 3. The largest absolute Gasteiger partial charge is 0.465 e. The van der Waals surface area contributed by atoms with E-state index in [1.807, 2.05) is 12.1 Å². The van der Waals surface area contributed by atoms with Crippen molar-refractivity contribution in [1.82, 2.24) is 4.90 Å². The molecule has 0 aliphatic carbocycles. The number of carboxylic acid groups (broad SMARTS) is 1. The minimum absolute atomic E-state index is 0.0318. The third-order valence-electron chi connectivity index (χ3n) is 7.67. The van der Waals surface area contributed by atoms with Gasteiger partial charge >= 0.3 is 18.4 Å². The summed E-state index contributed by atoms with van der Waals surface area (Å²) in [5.74, 6) is -0.0847. The Hall–Kier alpha value is -3.43. The number of hydrogen-bond donors (Lipinski definition) is 1. The van der Waals surface area contributed by atoms with Crippen LogP contribution in [0.3, 0.4) is 0 Å². The van der Waals surface area contributed by atoms with Crippen LogP contribution in [-0.4, -0.2) is 60.5 Å². The van der Waals surface area contributed by atoms with Crippen LogP contribution in [0.25, 0.3) is 11.1 Å². The number of piperidine rings is 1. The first-order valence-electron chi connectivity index (χ1n) is 12.8. The number of anilines is 2. The molecule has 204 valence electrons. The molecule has 1 saturated heterocycles. The molecule has 1 N–H and O–H groups in total. The Kier molecular flexibility index (Phi) is 6.27. The van der Waals surface area contributed by atoms with Gasteiger partial charge in [0.1, 0.15) is 5.60 Å². The average Bonchev–Trinajstić information content (AvgIpc) is 3.16. The van der Waals surface area contributed by atoms with E-state index < -0.39 is 29.5 Å². The van der Waals surface area contributed by atoms with Gasteiger partial charge in [-0.1, -0.05) is 6.07 Å². The molecule has 2 amide bonds. The fourth-order valence-electron chi connectivity index (χ4n) is 6.04. The molecule has 7 nitrogen and oxygen atoms in total. The van der Waals surface area contributed by atoms with Crippen LogP contribution >= 0.6 is 0 Å². The number of carbonyl (C=O) groups is 2. The van der Waals surface area contributed by atoms with E-state index in [4.69, 9.17) is 4.74 Å². The summed E-state index contributed by atoms with van der Waals surface area (Å²) in [4.78, 5) is 29.0. The molecule has 3 aliphatic rings. The van der Waals surface area contributed by atoms with E-state index in [1.54, 1.807) is 20.8 Å². The molecule has 0 bridgehead atoms. The third-order valence-corrected chi connectivity index (χ3v) is 7.67. The summed E-state index contributed by atoms with van der Waals surface area (Å²) < 4.78 is 48.4. The van der Waals surface area contributed by atoms with Crippen LogP contribution in [0.2, 0.25) is 0 Å². The number of benzene rings is 2. The van der Waals surface area contributed by atoms with Crippen molar-refractivity contribution in [2.45, 2.75) is 63.8 Å². The van der Waals surface area contributed by atoms with Gasteiger partial charge in [-0.2, -0.15) is 13.2 Å². The minimum Gasteiger partial charge on any atom is -0.465 e. The second-order valence-electron chi connectivity index (χ2n) is 11.3. The first-order chi connectivity index (χ1) is 17.7. The summed E-state index contributed by atoms with van der Waals surface area (Å²) in [7, 11) is 1.38. The van der Waals surface area contributed by atoms with E-state index >= 15 is 0 Å². The Bertz CT molecular complexity index is 1290. The van der Waals surface area contributed by atoms with Gasteiger partial charge in [0.25, 0.3) is 0 Å². The predicted molar refractivity (Wildman–Crippen MR) is 138 cm³/mol. The number of likely N-dealkylation sites (tertiary alicyclic amines) is 1. The van der Waals surface area contributed by atoms with Crippen LogP contribution in [0.1, 0.15) is 56.2 Å². The molecule has 0 saturated carbocycles. The number of ether oxygens (including phenoxy) is 1. The third kappa shape index (κ3) is 4.65. The zero-order valence-corrected chi connectivity index (χ0v) is 21.9. The molecular formula is C28H32F3N3O4. The topological polar surface area (TPSA) is 73.3 Å². The molecule has 38 heavy (non-hydrogen) atoms. The van der Waals surface area contributed by atoms with Crippen LogP contribution < -0.4 is 9.80 Å². The Morgan fingerprint density at radius 2 is 1.84 bits per heavy atom. The van der Waals surface area contributed by atoms with Gasteiger partial charge in [-0.15, -0.1) is 0 Å². The molecule has 10 heteroatoms. The number of nitrogens with zero attached hydrogens (tertiary/aromatic N) is 3. The van der Waals surface area contributed by atoms with E-state index in [1.165, 1.54) is 24.1 Å². The number of alkyl halides is 3. The maximum atomic E-state index is 14.4. The molecule has 0 unspecified atom stereocenters. The van der Waals surface area contributed by atoms with Crippen molar-refractivity contribution in [2.24, 2.45) is 0 Å². The molecule has 5 rings (SSSR count). The maximum absolute atomic E-state index is 14.4. The van der Waals surface area contributed by atoms with E-state index in [0.29, 0.717) is 25.1 Å². The zero-order valence-electron chi connectivity index (χ0n) is 21.9. The Morgan fingerprint density at radius 3 is 2.50 bits per heavy atom.